The molecule has 0 radical (unpaired) electrons. The van der Waals surface area contributed by atoms with Gasteiger partial charge in [0.25, 0.3) is 6.43 Å². The van der Waals surface area contributed by atoms with Gasteiger partial charge in [0, 0.05) is 44.6 Å². The lowest BCUT2D eigenvalue weighted by Gasteiger charge is -2.36. The van der Waals surface area contributed by atoms with Crippen molar-refractivity contribution in [1.82, 2.24) is 25.1 Å². The lowest BCUT2D eigenvalue weighted by atomic mass is 10.2. The first-order valence-corrected chi connectivity index (χ1v) is 9.08. The van der Waals surface area contributed by atoms with Gasteiger partial charge in [-0.25, -0.2) is 18.7 Å². The Bertz CT molecular complexity index is 919. The Labute approximate surface area is 161 Å². The topological polar surface area (TPSA) is 67.3 Å². The quantitative estimate of drug-likeness (QED) is 0.644. The molecule has 146 valence electrons. The van der Waals surface area contributed by atoms with E-state index < -0.39 is 13.0 Å². The molecule has 3 aromatic rings. The Morgan fingerprint density at radius 1 is 1.07 bits per heavy atom. The van der Waals surface area contributed by atoms with Gasteiger partial charge < -0.3 is 9.64 Å². The van der Waals surface area contributed by atoms with Crippen LogP contribution in [-0.4, -0.2) is 64.3 Å². The van der Waals surface area contributed by atoms with Gasteiger partial charge in [-0.3, -0.25) is 4.90 Å². The van der Waals surface area contributed by atoms with Gasteiger partial charge >= 0.3 is 0 Å². The van der Waals surface area contributed by atoms with Crippen LogP contribution in [0.15, 0.2) is 42.9 Å². The minimum Gasteiger partial charge on any atom is -0.471 e. The van der Waals surface area contributed by atoms with Gasteiger partial charge in [-0.05, 0) is 30.3 Å². The summed E-state index contributed by atoms with van der Waals surface area (Å²) in [5.74, 6) is 0.188. The van der Waals surface area contributed by atoms with Gasteiger partial charge in [0.2, 0.25) is 5.88 Å². The summed E-state index contributed by atoms with van der Waals surface area (Å²) in [6.45, 7) is 3.60. The van der Waals surface area contributed by atoms with E-state index >= 15 is 0 Å². The van der Waals surface area contributed by atoms with Crippen molar-refractivity contribution >= 4 is 16.6 Å². The third kappa shape index (κ3) is 4.30. The third-order valence-electron chi connectivity index (χ3n) is 4.68. The van der Waals surface area contributed by atoms with E-state index in [9.17, 15) is 8.78 Å². The Morgan fingerprint density at radius 2 is 1.93 bits per heavy atom. The maximum absolute atomic E-state index is 12.5. The molecule has 1 fully saturated rings. The van der Waals surface area contributed by atoms with Gasteiger partial charge in [-0.1, -0.05) is 0 Å². The largest absolute Gasteiger partial charge is 0.471 e. The molecule has 1 aromatic carbocycles. The van der Waals surface area contributed by atoms with Crippen molar-refractivity contribution in [3.05, 3.63) is 48.5 Å². The minimum absolute atomic E-state index is 0.188. The molecule has 0 amide bonds. The molecule has 4 rings (SSSR count). The Balaban J connectivity index is 1.45. The van der Waals surface area contributed by atoms with Gasteiger partial charge in [0.05, 0.1) is 16.6 Å². The molecule has 28 heavy (non-hydrogen) atoms. The number of rotatable bonds is 6. The van der Waals surface area contributed by atoms with Crippen molar-refractivity contribution < 1.29 is 13.5 Å². The van der Waals surface area contributed by atoms with Crippen LogP contribution in [0.4, 0.5) is 14.5 Å². The number of aromatic nitrogens is 4. The van der Waals surface area contributed by atoms with E-state index in [4.69, 9.17) is 4.74 Å². The number of nitrogens with zero attached hydrogens (tertiary/aromatic N) is 6. The maximum Gasteiger partial charge on any atom is 0.272 e. The van der Waals surface area contributed by atoms with Gasteiger partial charge in [0.1, 0.15) is 6.33 Å². The highest BCUT2D eigenvalue weighted by molar-refractivity contribution is 5.86. The SMILES string of the molecule is FC(F)COc1ncnc2ccc(N3CCN(Cc4cccnn4)CC3)cc12. The van der Waals surface area contributed by atoms with Crippen LogP contribution < -0.4 is 9.64 Å². The summed E-state index contributed by atoms with van der Waals surface area (Å²) in [6.07, 6.45) is 0.452. The zero-order chi connectivity index (χ0) is 19.3. The number of fused-ring (bicyclic) bond motifs is 1. The fourth-order valence-electron chi connectivity index (χ4n) is 3.29. The summed E-state index contributed by atoms with van der Waals surface area (Å²) in [7, 11) is 0. The number of piperazine rings is 1. The van der Waals surface area contributed by atoms with Crippen LogP contribution >= 0.6 is 0 Å². The zero-order valence-corrected chi connectivity index (χ0v) is 15.2. The van der Waals surface area contributed by atoms with Gasteiger partial charge in [-0.2, -0.15) is 10.2 Å². The first kappa shape index (κ1) is 18.4. The molecule has 1 aliphatic rings. The van der Waals surface area contributed by atoms with Crippen LogP contribution in [0, 0.1) is 0 Å². The zero-order valence-electron chi connectivity index (χ0n) is 15.2. The standard InChI is InChI=1S/C19H20F2N6O/c20-18(21)12-28-19-16-10-15(3-4-17(16)22-13-23-19)27-8-6-26(7-9-27)11-14-2-1-5-24-25-14/h1-5,10,13,18H,6-9,11-12H2. The molecule has 0 saturated carbocycles. The summed E-state index contributed by atoms with van der Waals surface area (Å²) in [4.78, 5) is 12.8. The molecule has 1 saturated heterocycles. The summed E-state index contributed by atoms with van der Waals surface area (Å²) in [6, 6.07) is 9.64. The van der Waals surface area contributed by atoms with Crippen LogP contribution in [0.2, 0.25) is 0 Å². The molecule has 0 spiro atoms. The molecule has 0 aliphatic carbocycles. The minimum atomic E-state index is -2.55. The van der Waals surface area contributed by atoms with Crippen LogP contribution in [0.25, 0.3) is 10.9 Å². The molecular formula is C19H20F2N6O. The van der Waals surface area contributed by atoms with E-state index in [1.807, 2.05) is 30.3 Å². The highest BCUT2D eigenvalue weighted by atomic mass is 19.3. The van der Waals surface area contributed by atoms with Crippen LogP contribution in [0.3, 0.4) is 0 Å². The summed E-state index contributed by atoms with van der Waals surface area (Å²) < 4.78 is 30.2. The molecule has 7 nitrogen and oxygen atoms in total. The predicted molar refractivity (Wildman–Crippen MR) is 101 cm³/mol. The second-order valence-electron chi connectivity index (χ2n) is 6.56. The van der Waals surface area contributed by atoms with Crippen molar-refractivity contribution in [2.75, 3.05) is 37.7 Å². The van der Waals surface area contributed by atoms with E-state index in [0.717, 1.165) is 44.1 Å². The maximum atomic E-state index is 12.5. The van der Waals surface area contributed by atoms with E-state index in [2.05, 4.69) is 30.0 Å². The first-order valence-electron chi connectivity index (χ1n) is 9.08. The molecule has 0 bridgehead atoms. The normalized spacial score (nSPS) is 15.3. The van der Waals surface area contributed by atoms with Crippen LogP contribution in [0.1, 0.15) is 5.69 Å². The summed E-state index contributed by atoms with van der Waals surface area (Å²) >= 11 is 0. The second kappa shape index (κ2) is 8.39. The number of hydrogen-bond donors (Lipinski definition) is 0. The summed E-state index contributed by atoms with van der Waals surface area (Å²) in [5.41, 5.74) is 2.63. The van der Waals surface area contributed by atoms with E-state index in [0.29, 0.717) is 10.9 Å². The van der Waals surface area contributed by atoms with E-state index in [1.165, 1.54) is 6.33 Å². The van der Waals surface area contributed by atoms with Crippen molar-refractivity contribution in [2.45, 2.75) is 13.0 Å². The van der Waals surface area contributed by atoms with Crippen LogP contribution in [-0.2, 0) is 6.54 Å². The average molecular weight is 386 g/mol. The van der Waals surface area contributed by atoms with Gasteiger partial charge in [0.15, 0.2) is 6.61 Å². The average Bonchev–Trinajstić information content (AvgIpc) is 2.73. The molecule has 9 heteroatoms. The van der Waals surface area contributed by atoms with Gasteiger partial charge in [-0.15, -0.1) is 0 Å². The molecule has 0 atom stereocenters. The second-order valence-corrected chi connectivity index (χ2v) is 6.56. The first-order chi connectivity index (χ1) is 13.7. The molecule has 3 heterocycles. The fourth-order valence-corrected chi connectivity index (χ4v) is 3.29. The lowest BCUT2D eigenvalue weighted by Crippen LogP contribution is -2.46. The Morgan fingerprint density at radius 3 is 2.68 bits per heavy atom. The van der Waals surface area contributed by atoms with Crippen molar-refractivity contribution in [2.24, 2.45) is 0 Å². The Kier molecular flexibility index (Phi) is 5.52. The smallest absolute Gasteiger partial charge is 0.272 e. The van der Waals surface area contributed by atoms with Crippen molar-refractivity contribution in [1.29, 1.82) is 0 Å². The highest BCUT2D eigenvalue weighted by Crippen LogP contribution is 2.27. The number of halogens is 2. The molecule has 2 aromatic heterocycles. The third-order valence-corrected chi connectivity index (χ3v) is 4.68. The van der Waals surface area contributed by atoms with Crippen LogP contribution in [0.5, 0.6) is 5.88 Å². The number of alkyl halides is 2. The highest BCUT2D eigenvalue weighted by Gasteiger charge is 2.19. The fraction of sp³-hybridized carbons (Fsp3) is 0.368. The molecular weight excluding hydrogens is 366 g/mol. The Hall–Kier alpha value is -2.94. The van der Waals surface area contributed by atoms with Crippen molar-refractivity contribution in [3.63, 3.8) is 0 Å². The van der Waals surface area contributed by atoms with Crippen molar-refractivity contribution in [3.8, 4) is 5.88 Å². The molecule has 0 unspecified atom stereocenters. The van der Waals surface area contributed by atoms with E-state index in [-0.39, 0.29) is 5.88 Å². The number of benzene rings is 1. The summed E-state index contributed by atoms with van der Waals surface area (Å²) in [5, 5.41) is 8.70. The number of hydrogen-bond acceptors (Lipinski definition) is 7. The molecule has 0 N–H and O–H groups in total. The number of ether oxygens (including phenoxy) is 1. The van der Waals surface area contributed by atoms with E-state index in [1.54, 1.807) is 6.20 Å². The lowest BCUT2D eigenvalue weighted by molar-refractivity contribution is 0.0804. The predicted octanol–water partition coefficient (Wildman–Crippen LogP) is 2.39. The molecule has 1 aliphatic heterocycles. The number of anilines is 1. The monoisotopic (exact) mass is 386 g/mol.